The van der Waals surface area contributed by atoms with Crippen molar-refractivity contribution in [2.45, 2.75) is 13.0 Å². The number of amides is 2. The fraction of sp³-hybridized carbons (Fsp3) is 0.182. The lowest BCUT2D eigenvalue weighted by Crippen LogP contribution is -2.45. The summed E-state index contributed by atoms with van der Waals surface area (Å²) in [5.41, 5.74) is 8.25. The molecule has 0 radical (unpaired) electrons. The van der Waals surface area contributed by atoms with E-state index >= 15 is 0 Å². The van der Waals surface area contributed by atoms with Gasteiger partial charge < -0.3 is 15.8 Å². The molecule has 8 nitrogen and oxygen atoms in total. The minimum atomic E-state index is -0.245. The summed E-state index contributed by atoms with van der Waals surface area (Å²) < 4.78 is 5.61. The Hall–Kier alpha value is -3.83. The number of hydrogen-bond acceptors (Lipinski definition) is 6. The molecule has 0 saturated carbocycles. The Bertz CT molecular complexity index is 1160. The molecule has 0 aliphatic carbocycles. The van der Waals surface area contributed by atoms with Gasteiger partial charge in [-0.15, -0.1) is 0 Å². The zero-order valence-electron chi connectivity index (χ0n) is 16.7. The molecule has 2 amide bonds. The molecule has 3 aromatic rings. The molecule has 1 atom stereocenters. The predicted molar refractivity (Wildman–Crippen MR) is 118 cm³/mol. The fourth-order valence-corrected chi connectivity index (χ4v) is 3.15. The van der Waals surface area contributed by atoms with Gasteiger partial charge in [0.2, 0.25) is 11.8 Å². The first-order valence-electron chi connectivity index (χ1n) is 9.55. The predicted octanol–water partition coefficient (Wildman–Crippen LogP) is 3.18. The molecule has 1 aliphatic heterocycles. The Balaban J connectivity index is 1.53. The maximum absolute atomic E-state index is 13.0. The molecule has 156 valence electrons. The Morgan fingerprint density at radius 2 is 1.84 bits per heavy atom. The second-order valence-corrected chi connectivity index (χ2v) is 7.29. The molecular weight excluding hydrogens is 416 g/mol. The van der Waals surface area contributed by atoms with Crippen LogP contribution in [0.5, 0.6) is 5.88 Å². The van der Waals surface area contributed by atoms with Gasteiger partial charge >= 0.3 is 6.03 Å². The van der Waals surface area contributed by atoms with Gasteiger partial charge in [-0.05, 0) is 30.7 Å². The van der Waals surface area contributed by atoms with Crippen LogP contribution in [-0.2, 0) is 0 Å². The second-order valence-electron chi connectivity index (χ2n) is 6.85. The zero-order valence-corrected chi connectivity index (χ0v) is 17.4. The molecule has 1 aliphatic rings. The SMILES string of the molecule is C[C@H](NC(=O)N1CCOc2ncc(C#Cc3cnc(N)nc3)cc21)c1ccc(Cl)cc1. The topological polar surface area (TPSA) is 106 Å². The van der Waals surface area contributed by atoms with Crippen molar-refractivity contribution in [2.75, 3.05) is 23.8 Å². The fourth-order valence-electron chi connectivity index (χ4n) is 3.02. The number of aromatic nitrogens is 3. The first-order valence-corrected chi connectivity index (χ1v) is 9.93. The van der Waals surface area contributed by atoms with Crippen LogP contribution in [0.25, 0.3) is 0 Å². The molecule has 0 fully saturated rings. The Kier molecular flexibility index (Phi) is 5.87. The number of anilines is 2. The summed E-state index contributed by atoms with van der Waals surface area (Å²) in [6.45, 7) is 2.67. The molecule has 31 heavy (non-hydrogen) atoms. The van der Waals surface area contributed by atoms with Gasteiger partial charge in [-0.2, -0.15) is 0 Å². The van der Waals surface area contributed by atoms with Gasteiger partial charge in [0.15, 0.2) is 0 Å². The highest BCUT2D eigenvalue weighted by molar-refractivity contribution is 6.30. The van der Waals surface area contributed by atoms with E-state index in [4.69, 9.17) is 22.1 Å². The van der Waals surface area contributed by atoms with Crippen molar-refractivity contribution in [3.8, 4) is 17.7 Å². The van der Waals surface area contributed by atoms with E-state index < -0.39 is 0 Å². The molecule has 1 aromatic carbocycles. The Labute approximate surface area is 184 Å². The van der Waals surface area contributed by atoms with Crippen molar-refractivity contribution >= 4 is 29.3 Å². The summed E-state index contributed by atoms with van der Waals surface area (Å²) in [6.07, 6.45) is 4.69. The molecule has 4 rings (SSSR count). The van der Waals surface area contributed by atoms with E-state index in [1.807, 2.05) is 19.1 Å². The zero-order chi connectivity index (χ0) is 21.8. The van der Waals surface area contributed by atoms with E-state index in [0.717, 1.165) is 5.56 Å². The van der Waals surface area contributed by atoms with Crippen LogP contribution in [0.3, 0.4) is 0 Å². The van der Waals surface area contributed by atoms with Crippen molar-refractivity contribution in [3.63, 3.8) is 0 Å². The maximum atomic E-state index is 13.0. The monoisotopic (exact) mass is 434 g/mol. The Morgan fingerprint density at radius 1 is 1.16 bits per heavy atom. The smallest absolute Gasteiger partial charge is 0.322 e. The summed E-state index contributed by atoms with van der Waals surface area (Å²) in [7, 11) is 0. The molecule has 0 unspecified atom stereocenters. The van der Waals surface area contributed by atoms with Gasteiger partial charge in [0.25, 0.3) is 0 Å². The maximum Gasteiger partial charge on any atom is 0.322 e. The number of urea groups is 1. The highest BCUT2D eigenvalue weighted by Gasteiger charge is 2.26. The van der Waals surface area contributed by atoms with E-state index in [0.29, 0.717) is 40.9 Å². The van der Waals surface area contributed by atoms with Crippen LogP contribution in [0.2, 0.25) is 5.02 Å². The highest BCUT2D eigenvalue weighted by Crippen LogP contribution is 2.30. The lowest BCUT2D eigenvalue weighted by Gasteiger charge is -2.30. The first-order chi connectivity index (χ1) is 15.0. The van der Waals surface area contributed by atoms with Crippen LogP contribution in [0.4, 0.5) is 16.4 Å². The lowest BCUT2D eigenvalue weighted by molar-refractivity contribution is 0.236. The number of nitrogen functional groups attached to an aromatic ring is 1. The number of fused-ring (bicyclic) bond motifs is 1. The highest BCUT2D eigenvalue weighted by atomic mass is 35.5. The van der Waals surface area contributed by atoms with E-state index in [1.165, 1.54) is 0 Å². The van der Waals surface area contributed by atoms with Crippen LogP contribution >= 0.6 is 11.6 Å². The molecule has 3 heterocycles. The van der Waals surface area contributed by atoms with Crippen LogP contribution < -0.4 is 20.7 Å². The number of nitrogens with two attached hydrogens (primary N) is 1. The van der Waals surface area contributed by atoms with Gasteiger partial charge in [0.05, 0.1) is 18.2 Å². The average Bonchev–Trinajstić information content (AvgIpc) is 2.78. The van der Waals surface area contributed by atoms with Crippen molar-refractivity contribution in [1.82, 2.24) is 20.3 Å². The third-order valence-electron chi connectivity index (χ3n) is 4.65. The summed E-state index contributed by atoms with van der Waals surface area (Å²) in [6, 6.07) is 8.70. The number of pyridine rings is 1. The van der Waals surface area contributed by atoms with Crippen LogP contribution in [0.15, 0.2) is 48.9 Å². The van der Waals surface area contributed by atoms with Crippen LogP contribution in [-0.4, -0.2) is 34.1 Å². The van der Waals surface area contributed by atoms with E-state index in [9.17, 15) is 4.79 Å². The number of nitrogens with one attached hydrogen (secondary N) is 1. The van der Waals surface area contributed by atoms with Crippen molar-refractivity contribution < 1.29 is 9.53 Å². The minimum Gasteiger partial charge on any atom is -0.474 e. The molecule has 9 heteroatoms. The third kappa shape index (κ3) is 4.85. The van der Waals surface area contributed by atoms with Gasteiger partial charge in [0, 0.05) is 29.2 Å². The Morgan fingerprint density at radius 3 is 2.58 bits per heavy atom. The summed E-state index contributed by atoms with van der Waals surface area (Å²) in [5, 5.41) is 3.65. The molecule has 2 aromatic heterocycles. The molecule has 0 spiro atoms. The van der Waals surface area contributed by atoms with Crippen LogP contribution in [0, 0.1) is 11.8 Å². The van der Waals surface area contributed by atoms with Gasteiger partial charge in [-0.25, -0.2) is 19.7 Å². The third-order valence-corrected chi connectivity index (χ3v) is 4.91. The van der Waals surface area contributed by atoms with Crippen molar-refractivity contribution in [2.24, 2.45) is 0 Å². The molecule has 0 saturated heterocycles. The van der Waals surface area contributed by atoms with Gasteiger partial charge in [-0.1, -0.05) is 35.6 Å². The van der Waals surface area contributed by atoms with E-state index in [2.05, 4.69) is 32.1 Å². The lowest BCUT2D eigenvalue weighted by atomic mass is 10.1. The van der Waals surface area contributed by atoms with Gasteiger partial charge in [0.1, 0.15) is 12.3 Å². The number of hydrogen-bond donors (Lipinski definition) is 2. The standard InChI is InChI=1S/C22H19ClN6O2/c1-14(17-4-6-18(23)7-5-17)28-22(30)29-8-9-31-20-19(29)10-15(11-25-20)2-3-16-12-26-21(24)27-13-16/h4-7,10-14H,8-9H2,1H3,(H,28,30)(H2,24,26,27)/t14-/m0/s1. The minimum absolute atomic E-state index is 0.188. The number of rotatable bonds is 2. The number of carbonyl (C=O) groups is 1. The normalized spacial score (nSPS) is 13.3. The number of benzene rings is 1. The van der Waals surface area contributed by atoms with Crippen LogP contribution in [0.1, 0.15) is 29.7 Å². The van der Waals surface area contributed by atoms with E-state index in [-0.39, 0.29) is 18.0 Å². The van der Waals surface area contributed by atoms with Gasteiger partial charge in [-0.3, -0.25) is 4.90 Å². The number of halogens is 1. The number of carbonyl (C=O) groups excluding carboxylic acids is 1. The average molecular weight is 435 g/mol. The summed E-state index contributed by atoms with van der Waals surface area (Å²) in [4.78, 5) is 26.7. The molecule has 3 N–H and O–H groups in total. The summed E-state index contributed by atoms with van der Waals surface area (Å²) >= 11 is 5.95. The number of ether oxygens (including phenoxy) is 1. The quantitative estimate of drug-likeness (QED) is 0.600. The van der Waals surface area contributed by atoms with Crippen molar-refractivity contribution in [1.29, 1.82) is 0 Å². The van der Waals surface area contributed by atoms with Crippen molar-refractivity contribution in [3.05, 3.63) is 70.6 Å². The first kappa shape index (κ1) is 20.4. The second kappa shape index (κ2) is 8.90. The number of nitrogens with zero attached hydrogens (tertiary/aromatic N) is 4. The molecular formula is C22H19ClN6O2. The van der Waals surface area contributed by atoms with E-state index in [1.54, 1.807) is 41.7 Å². The largest absolute Gasteiger partial charge is 0.474 e. The summed E-state index contributed by atoms with van der Waals surface area (Å²) in [5.74, 6) is 6.54. The molecule has 0 bridgehead atoms.